The summed E-state index contributed by atoms with van der Waals surface area (Å²) in [6.07, 6.45) is 1.33. The van der Waals surface area contributed by atoms with Crippen molar-refractivity contribution in [2.24, 2.45) is 0 Å². The Hall–Kier alpha value is -1.69. The van der Waals surface area contributed by atoms with E-state index in [0.29, 0.717) is 17.6 Å². The van der Waals surface area contributed by atoms with Gasteiger partial charge >= 0.3 is 0 Å². The molecular formula is C10H12FN5. The minimum atomic E-state index is -0.308. The SMILES string of the molecule is CN(c1nc2ccc(F)cn2n1)C1CNC1. The van der Waals surface area contributed by atoms with Gasteiger partial charge in [-0.15, -0.1) is 5.10 Å². The first-order chi connectivity index (χ1) is 7.74. The highest BCUT2D eigenvalue weighted by atomic mass is 19.1. The standard InChI is InChI=1S/C10H12FN5/c1-15(8-4-12-5-8)10-13-9-3-2-7(11)6-16(9)14-10/h2-3,6,8,12H,4-5H2,1H3. The Morgan fingerprint density at radius 2 is 2.31 bits per heavy atom. The Bertz CT molecular complexity index is 519. The highest BCUT2D eigenvalue weighted by Gasteiger charge is 2.24. The van der Waals surface area contributed by atoms with E-state index in [9.17, 15) is 4.39 Å². The van der Waals surface area contributed by atoms with Crippen LogP contribution in [0, 0.1) is 5.82 Å². The molecule has 6 heteroatoms. The lowest BCUT2D eigenvalue weighted by molar-refractivity contribution is 0.424. The second-order valence-electron chi connectivity index (χ2n) is 3.98. The van der Waals surface area contributed by atoms with Gasteiger partial charge in [-0.05, 0) is 12.1 Å². The zero-order valence-corrected chi connectivity index (χ0v) is 8.89. The predicted molar refractivity (Wildman–Crippen MR) is 58.0 cm³/mol. The van der Waals surface area contributed by atoms with Crippen molar-refractivity contribution in [3.05, 3.63) is 24.1 Å². The van der Waals surface area contributed by atoms with Gasteiger partial charge in [0.15, 0.2) is 5.65 Å². The van der Waals surface area contributed by atoms with E-state index < -0.39 is 0 Å². The second kappa shape index (κ2) is 3.41. The number of hydrogen-bond donors (Lipinski definition) is 1. The maximum absolute atomic E-state index is 13.0. The summed E-state index contributed by atoms with van der Waals surface area (Å²) in [7, 11) is 1.95. The molecule has 2 aromatic rings. The van der Waals surface area contributed by atoms with Crippen LogP contribution in [0.25, 0.3) is 5.65 Å². The van der Waals surface area contributed by atoms with Crippen molar-refractivity contribution in [3.63, 3.8) is 0 Å². The van der Waals surface area contributed by atoms with Crippen LogP contribution in [0.5, 0.6) is 0 Å². The van der Waals surface area contributed by atoms with E-state index >= 15 is 0 Å². The van der Waals surface area contributed by atoms with Crippen LogP contribution in [-0.2, 0) is 0 Å². The Morgan fingerprint density at radius 3 is 3.00 bits per heavy atom. The number of nitrogens with zero attached hydrogens (tertiary/aromatic N) is 4. The zero-order valence-electron chi connectivity index (χ0n) is 8.89. The van der Waals surface area contributed by atoms with Crippen molar-refractivity contribution < 1.29 is 4.39 Å². The molecule has 3 heterocycles. The topological polar surface area (TPSA) is 45.5 Å². The molecule has 1 N–H and O–H groups in total. The van der Waals surface area contributed by atoms with Crippen LogP contribution >= 0.6 is 0 Å². The lowest BCUT2D eigenvalue weighted by Crippen LogP contribution is -2.56. The monoisotopic (exact) mass is 221 g/mol. The van der Waals surface area contributed by atoms with Gasteiger partial charge in [-0.25, -0.2) is 8.91 Å². The van der Waals surface area contributed by atoms with Gasteiger partial charge in [0.25, 0.3) is 0 Å². The molecule has 3 rings (SSSR count). The van der Waals surface area contributed by atoms with Crippen LogP contribution in [0.3, 0.4) is 0 Å². The van der Waals surface area contributed by atoms with Crippen LogP contribution in [0.4, 0.5) is 10.3 Å². The molecule has 1 aliphatic rings. The molecule has 0 saturated carbocycles. The third-order valence-corrected chi connectivity index (χ3v) is 2.91. The van der Waals surface area contributed by atoms with Crippen LogP contribution in [0.1, 0.15) is 0 Å². The van der Waals surface area contributed by atoms with Crippen LogP contribution in [0.2, 0.25) is 0 Å². The molecule has 0 bridgehead atoms. The molecule has 0 atom stereocenters. The summed E-state index contributed by atoms with van der Waals surface area (Å²) in [6.45, 7) is 1.89. The molecule has 5 nitrogen and oxygen atoms in total. The first-order valence-electron chi connectivity index (χ1n) is 5.19. The normalized spacial score (nSPS) is 16.4. The molecule has 0 aliphatic carbocycles. The zero-order chi connectivity index (χ0) is 11.1. The minimum absolute atomic E-state index is 0.308. The summed E-state index contributed by atoms with van der Waals surface area (Å²) in [4.78, 5) is 6.36. The van der Waals surface area contributed by atoms with Crippen LogP contribution in [-0.4, -0.2) is 40.8 Å². The van der Waals surface area contributed by atoms with E-state index in [1.54, 1.807) is 6.07 Å². The maximum atomic E-state index is 13.0. The number of halogens is 1. The summed E-state index contributed by atoms with van der Waals surface area (Å²) in [5.41, 5.74) is 0.663. The highest BCUT2D eigenvalue weighted by molar-refractivity contribution is 5.45. The molecule has 1 aliphatic heterocycles. The fourth-order valence-corrected chi connectivity index (χ4v) is 1.71. The minimum Gasteiger partial charge on any atom is -0.337 e. The van der Waals surface area contributed by atoms with Crippen molar-refractivity contribution in [1.82, 2.24) is 19.9 Å². The Kier molecular flexibility index (Phi) is 2.03. The van der Waals surface area contributed by atoms with E-state index in [1.807, 2.05) is 11.9 Å². The number of anilines is 1. The van der Waals surface area contributed by atoms with Crippen molar-refractivity contribution in [2.75, 3.05) is 25.0 Å². The molecule has 0 radical (unpaired) electrons. The van der Waals surface area contributed by atoms with Gasteiger partial charge in [0.1, 0.15) is 5.82 Å². The van der Waals surface area contributed by atoms with Crippen molar-refractivity contribution in [2.45, 2.75) is 6.04 Å². The average molecular weight is 221 g/mol. The molecule has 1 saturated heterocycles. The van der Waals surface area contributed by atoms with Crippen LogP contribution in [0.15, 0.2) is 18.3 Å². The molecule has 0 unspecified atom stereocenters. The molecule has 0 aromatic carbocycles. The maximum Gasteiger partial charge on any atom is 0.245 e. The number of fused-ring (bicyclic) bond motifs is 1. The first-order valence-corrected chi connectivity index (χ1v) is 5.19. The average Bonchev–Trinajstić information content (AvgIpc) is 2.57. The number of hydrogen-bond acceptors (Lipinski definition) is 4. The first kappa shape index (κ1) is 9.53. The molecule has 0 spiro atoms. The highest BCUT2D eigenvalue weighted by Crippen LogP contribution is 2.14. The summed E-state index contributed by atoms with van der Waals surface area (Å²) in [5, 5.41) is 7.43. The molecule has 84 valence electrons. The molecule has 0 amide bonds. The Morgan fingerprint density at radius 1 is 1.50 bits per heavy atom. The second-order valence-corrected chi connectivity index (χ2v) is 3.98. The van der Waals surface area contributed by atoms with Crippen molar-refractivity contribution in [1.29, 1.82) is 0 Å². The van der Waals surface area contributed by atoms with Gasteiger partial charge in [-0.3, -0.25) is 0 Å². The number of rotatable bonds is 2. The number of aromatic nitrogens is 3. The van der Waals surface area contributed by atoms with Gasteiger partial charge in [0, 0.05) is 20.1 Å². The lowest BCUT2D eigenvalue weighted by atomic mass is 10.1. The van der Waals surface area contributed by atoms with E-state index in [0.717, 1.165) is 13.1 Å². The number of pyridine rings is 1. The van der Waals surface area contributed by atoms with Gasteiger partial charge in [0.2, 0.25) is 5.95 Å². The van der Waals surface area contributed by atoms with Gasteiger partial charge in [-0.1, -0.05) is 0 Å². The van der Waals surface area contributed by atoms with Crippen LogP contribution < -0.4 is 10.2 Å². The number of likely N-dealkylation sites (N-methyl/N-ethyl adjacent to an activating group) is 1. The van der Waals surface area contributed by atoms with Crippen molar-refractivity contribution >= 4 is 11.6 Å². The van der Waals surface area contributed by atoms with E-state index in [1.165, 1.54) is 16.8 Å². The molecule has 16 heavy (non-hydrogen) atoms. The summed E-state index contributed by atoms with van der Waals surface area (Å²) < 4.78 is 14.4. The molecule has 2 aromatic heterocycles. The number of nitrogens with one attached hydrogen (secondary N) is 1. The smallest absolute Gasteiger partial charge is 0.245 e. The third kappa shape index (κ3) is 1.42. The van der Waals surface area contributed by atoms with Gasteiger partial charge in [0.05, 0.1) is 12.2 Å². The van der Waals surface area contributed by atoms with Gasteiger partial charge < -0.3 is 10.2 Å². The summed E-state index contributed by atoms with van der Waals surface area (Å²) in [5.74, 6) is 0.328. The molecular weight excluding hydrogens is 209 g/mol. The quantitative estimate of drug-likeness (QED) is 0.791. The van der Waals surface area contributed by atoms with Crippen molar-refractivity contribution in [3.8, 4) is 0 Å². The fraction of sp³-hybridized carbons (Fsp3) is 0.400. The summed E-state index contributed by atoms with van der Waals surface area (Å²) in [6, 6.07) is 3.44. The Labute approximate surface area is 91.9 Å². The largest absolute Gasteiger partial charge is 0.337 e. The summed E-state index contributed by atoms with van der Waals surface area (Å²) >= 11 is 0. The molecule has 1 fully saturated rings. The predicted octanol–water partition coefficient (Wildman–Crippen LogP) is 0.276. The van der Waals surface area contributed by atoms with E-state index in [4.69, 9.17) is 0 Å². The lowest BCUT2D eigenvalue weighted by Gasteiger charge is -2.34. The van der Waals surface area contributed by atoms with Gasteiger partial charge in [-0.2, -0.15) is 4.98 Å². The fourth-order valence-electron chi connectivity index (χ4n) is 1.71. The Balaban J connectivity index is 1.97. The van der Waals surface area contributed by atoms with E-state index in [-0.39, 0.29) is 5.82 Å². The van der Waals surface area contributed by atoms with E-state index in [2.05, 4.69) is 15.4 Å². The third-order valence-electron chi connectivity index (χ3n) is 2.91.